The molecule has 0 unspecified atom stereocenters. The van der Waals surface area contributed by atoms with E-state index in [2.05, 4.69) is 10.6 Å². The Bertz CT molecular complexity index is 735. The highest BCUT2D eigenvalue weighted by Gasteiger charge is 2.30. The summed E-state index contributed by atoms with van der Waals surface area (Å²) in [5, 5.41) is 6.26. The van der Waals surface area contributed by atoms with Crippen molar-refractivity contribution in [1.29, 1.82) is 0 Å². The highest BCUT2D eigenvalue weighted by atomic mass is 19.4. The van der Waals surface area contributed by atoms with Crippen LogP contribution in [0.2, 0.25) is 0 Å². The average Bonchev–Trinajstić information content (AvgIpc) is 2.62. The third-order valence-corrected chi connectivity index (χ3v) is 4.37. The summed E-state index contributed by atoms with van der Waals surface area (Å²) in [6.45, 7) is 1.73. The smallest absolute Gasteiger partial charge is 0.349 e. The number of benzene rings is 2. The maximum absolute atomic E-state index is 12.7. The minimum atomic E-state index is -4.37. The Kier molecular flexibility index (Phi) is 5.08. The molecule has 0 atom stereocenters. The summed E-state index contributed by atoms with van der Waals surface area (Å²) in [6, 6.07) is 12.0. The number of alkyl halides is 3. The van der Waals surface area contributed by atoms with E-state index in [1.807, 2.05) is 0 Å². The van der Waals surface area contributed by atoms with Crippen LogP contribution in [0.1, 0.15) is 28.8 Å². The fraction of sp³-hybridized carbons (Fsp3) is 0.316. The lowest BCUT2D eigenvalue weighted by Crippen LogP contribution is -2.42. The molecule has 1 aliphatic rings. The van der Waals surface area contributed by atoms with Crippen LogP contribution >= 0.6 is 0 Å². The van der Waals surface area contributed by atoms with Crippen molar-refractivity contribution in [2.45, 2.75) is 25.1 Å². The summed E-state index contributed by atoms with van der Waals surface area (Å²) >= 11 is 0. The van der Waals surface area contributed by atoms with Crippen molar-refractivity contribution >= 4 is 5.91 Å². The second kappa shape index (κ2) is 7.27. The zero-order valence-corrected chi connectivity index (χ0v) is 13.6. The third kappa shape index (κ3) is 4.20. The number of amides is 1. The van der Waals surface area contributed by atoms with Gasteiger partial charge < -0.3 is 10.6 Å². The minimum absolute atomic E-state index is 0.120. The monoisotopic (exact) mass is 348 g/mol. The molecule has 6 heteroatoms. The second-order valence-electron chi connectivity index (χ2n) is 6.12. The van der Waals surface area contributed by atoms with E-state index in [1.165, 1.54) is 12.1 Å². The van der Waals surface area contributed by atoms with Crippen molar-refractivity contribution in [1.82, 2.24) is 10.6 Å². The van der Waals surface area contributed by atoms with Crippen molar-refractivity contribution in [3.05, 3.63) is 59.7 Å². The fourth-order valence-corrected chi connectivity index (χ4v) is 3.00. The Hall–Kier alpha value is -2.34. The van der Waals surface area contributed by atoms with Gasteiger partial charge in [-0.25, -0.2) is 0 Å². The van der Waals surface area contributed by atoms with E-state index in [9.17, 15) is 18.0 Å². The lowest BCUT2D eigenvalue weighted by Gasteiger charge is -2.24. The lowest BCUT2D eigenvalue weighted by molar-refractivity contribution is -0.137. The molecule has 0 aliphatic carbocycles. The van der Waals surface area contributed by atoms with E-state index in [0.29, 0.717) is 16.7 Å². The molecule has 3 nitrogen and oxygen atoms in total. The zero-order valence-electron chi connectivity index (χ0n) is 13.6. The van der Waals surface area contributed by atoms with Gasteiger partial charge in [-0.1, -0.05) is 30.3 Å². The molecule has 2 aromatic carbocycles. The average molecular weight is 348 g/mol. The van der Waals surface area contributed by atoms with Crippen LogP contribution in [-0.4, -0.2) is 25.0 Å². The predicted molar refractivity (Wildman–Crippen MR) is 90.2 cm³/mol. The Morgan fingerprint density at radius 3 is 2.28 bits per heavy atom. The normalized spacial score (nSPS) is 15.8. The van der Waals surface area contributed by atoms with Crippen molar-refractivity contribution in [3.63, 3.8) is 0 Å². The zero-order chi connectivity index (χ0) is 17.9. The lowest BCUT2D eigenvalue weighted by atomic mass is 9.97. The van der Waals surface area contributed by atoms with Gasteiger partial charge in [-0.3, -0.25) is 4.79 Å². The molecule has 0 bridgehead atoms. The highest BCUT2D eigenvalue weighted by Crippen LogP contribution is 2.31. The first kappa shape index (κ1) is 17.5. The molecule has 1 aliphatic heterocycles. The van der Waals surface area contributed by atoms with Crippen LogP contribution < -0.4 is 10.6 Å². The summed E-state index contributed by atoms with van der Waals surface area (Å²) < 4.78 is 38.2. The van der Waals surface area contributed by atoms with Gasteiger partial charge >= 0.3 is 6.18 Å². The second-order valence-corrected chi connectivity index (χ2v) is 6.12. The summed E-state index contributed by atoms with van der Waals surface area (Å²) in [4.78, 5) is 12.6. The highest BCUT2D eigenvalue weighted by molar-refractivity contribution is 6.01. The van der Waals surface area contributed by atoms with E-state index in [4.69, 9.17) is 0 Å². The van der Waals surface area contributed by atoms with E-state index in [1.54, 1.807) is 24.3 Å². The molecule has 3 rings (SSSR count). The van der Waals surface area contributed by atoms with Crippen molar-refractivity contribution in [3.8, 4) is 11.1 Å². The van der Waals surface area contributed by atoms with Crippen LogP contribution in [0.4, 0.5) is 13.2 Å². The van der Waals surface area contributed by atoms with Crippen LogP contribution in [-0.2, 0) is 6.18 Å². The van der Waals surface area contributed by atoms with Gasteiger partial charge in [-0.2, -0.15) is 13.2 Å². The number of hydrogen-bond donors (Lipinski definition) is 2. The van der Waals surface area contributed by atoms with Crippen LogP contribution in [0.5, 0.6) is 0 Å². The van der Waals surface area contributed by atoms with E-state index >= 15 is 0 Å². The number of hydrogen-bond acceptors (Lipinski definition) is 2. The summed E-state index contributed by atoms with van der Waals surface area (Å²) in [7, 11) is 0. The molecule has 1 amide bonds. The molecule has 2 N–H and O–H groups in total. The number of nitrogens with one attached hydrogen (secondary N) is 2. The number of carbonyl (C=O) groups is 1. The number of halogens is 3. The van der Waals surface area contributed by atoms with E-state index in [0.717, 1.165) is 38.1 Å². The van der Waals surface area contributed by atoms with Crippen LogP contribution in [0, 0.1) is 0 Å². The SMILES string of the molecule is O=C(NC1CCNCC1)c1ccccc1-c1ccc(C(F)(F)F)cc1. The predicted octanol–water partition coefficient (Wildman–Crippen LogP) is 3.85. The van der Waals surface area contributed by atoms with Gasteiger partial charge in [0.1, 0.15) is 0 Å². The van der Waals surface area contributed by atoms with Gasteiger partial charge in [0.15, 0.2) is 0 Å². The third-order valence-electron chi connectivity index (χ3n) is 4.37. The summed E-state index contributed by atoms with van der Waals surface area (Å²) in [5.41, 5.74) is 0.986. The Labute approximate surface area is 144 Å². The molecule has 1 saturated heterocycles. The van der Waals surface area contributed by atoms with E-state index < -0.39 is 11.7 Å². The summed E-state index contributed by atoms with van der Waals surface area (Å²) in [5.74, 6) is -0.192. The molecule has 1 fully saturated rings. The first-order valence-corrected chi connectivity index (χ1v) is 8.23. The van der Waals surface area contributed by atoms with Crippen molar-refractivity contribution in [2.75, 3.05) is 13.1 Å². The van der Waals surface area contributed by atoms with Gasteiger partial charge in [0.2, 0.25) is 0 Å². The van der Waals surface area contributed by atoms with Crippen LogP contribution in [0.15, 0.2) is 48.5 Å². The number of piperidine rings is 1. The molecule has 2 aromatic rings. The largest absolute Gasteiger partial charge is 0.416 e. The summed E-state index contributed by atoms with van der Waals surface area (Å²) in [6.07, 6.45) is -2.63. The van der Waals surface area contributed by atoms with Crippen molar-refractivity contribution in [2.24, 2.45) is 0 Å². The van der Waals surface area contributed by atoms with E-state index in [-0.39, 0.29) is 11.9 Å². The van der Waals surface area contributed by atoms with Crippen LogP contribution in [0.25, 0.3) is 11.1 Å². The molecule has 0 spiro atoms. The van der Waals surface area contributed by atoms with Gasteiger partial charge in [0.25, 0.3) is 5.91 Å². The molecule has 25 heavy (non-hydrogen) atoms. The molecule has 0 saturated carbocycles. The van der Waals surface area contributed by atoms with Gasteiger partial charge in [0, 0.05) is 11.6 Å². The molecule has 1 heterocycles. The Morgan fingerprint density at radius 2 is 1.64 bits per heavy atom. The standard InChI is InChI=1S/C19H19F3N2O/c20-19(21,22)14-7-5-13(6-8-14)16-3-1-2-4-17(16)18(25)24-15-9-11-23-12-10-15/h1-8,15,23H,9-12H2,(H,24,25). The number of carbonyl (C=O) groups excluding carboxylic acids is 1. The molecular formula is C19H19F3N2O. The molecular weight excluding hydrogens is 329 g/mol. The van der Waals surface area contributed by atoms with Gasteiger partial charge in [0.05, 0.1) is 5.56 Å². The molecule has 0 radical (unpaired) electrons. The van der Waals surface area contributed by atoms with Gasteiger partial charge in [-0.15, -0.1) is 0 Å². The first-order chi connectivity index (χ1) is 11.9. The first-order valence-electron chi connectivity index (χ1n) is 8.23. The maximum atomic E-state index is 12.7. The van der Waals surface area contributed by atoms with Crippen LogP contribution in [0.3, 0.4) is 0 Å². The quantitative estimate of drug-likeness (QED) is 0.885. The fourth-order valence-electron chi connectivity index (χ4n) is 3.00. The van der Waals surface area contributed by atoms with Crippen molar-refractivity contribution < 1.29 is 18.0 Å². The molecule has 0 aromatic heterocycles. The number of rotatable bonds is 3. The topological polar surface area (TPSA) is 41.1 Å². The Balaban J connectivity index is 1.84. The molecule has 132 valence electrons. The maximum Gasteiger partial charge on any atom is 0.416 e. The minimum Gasteiger partial charge on any atom is -0.349 e. The Morgan fingerprint density at radius 1 is 1.00 bits per heavy atom. The van der Waals surface area contributed by atoms with Gasteiger partial charge in [-0.05, 0) is 55.3 Å².